The average Bonchev–Trinajstić information content (AvgIpc) is 2.85. The van der Waals surface area contributed by atoms with Gasteiger partial charge in [-0.3, -0.25) is 0 Å². The molecular formula is C29H28P2. The Labute approximate surface area is 189 Å². The van der Waals surface area contributed by atoms with Gasteiger partial charge in [0.1, 0.15) is 0 Å². The van der Waals surface area contributed by atoms with Gasteiger partial charge >= 0.3 is 0 Å². The lowest BCUT2D eigenvalue weighted by molar-refractivity contribution is 0.985. The summed E-state index contributed by atoms with van der Waals surface area (Å²) < 4.78 is 0. The maximum atomic E-state index is 4.35. The predicted octanol–water partition coefficient (Wildman–Crippen LogP) is 6.20. The lowest BCUT2D eigenvalue weighted by atomic mass is 10.3. The molecule has 2 heteroatoms. The molecular weight excluding hydrogens is 410 g/mol. The molecule has 4 rings (SSSR count). The minimum absolute atomic E-state index is 0.367. The topological polar surface area (TPSA) is 0 Å². The molecule has 0 aliphatic heterocycles. The molecule has 0 aliphatic carbocycles. The van der Waals surface area contributed by atoms with Crippen LogP contribution in [-0.2, 0) is 0 Å². The summed E-state index contributed by atoms with van der Waals surface area (Å²) >= 11 is 0. The van der Waals surface area contributed by atoms with Gasteiger partial charge in [0.05, 0.1) is 0 Å². The molecule has 0 unspecified atom stereocenters. The van der Waals surface area contributed by atoms with E-state index < -0.39 is 15.8 Å². The summed E-state index contributed by atoms with van der Waals surface area (Å²) in [5, 5.41) is 5.69. The van der Waals surface area contributed by atoms with Gasteiger partial charge in [0.2, 0.25) is 0 Å². The zero-order valence-electron chi connectivity index (χ0n) is 17.9. The van der Waals surface area contributed by atoms with E-state index in [1.807, 2.05) is 0 Å². The third kappa shape index (κ3) is 5.04. The Hall–Kier alpha value is -2.52. The number of hydrogen-bond acceptors (Lipinski definition) is 0. The molecule has 4 aromatic rings. The summed E-state index contributed by atoms with van der Waals surface area (Å²) in [5.74, 6) is 0. The molecule has 0 aliphatic rings. The molecule has 0 heterocycles. The van der Waals surface area contributed by atoms with E-state index >= 15 is 0 Å². The molecule has 0 fully saturated rings. The van der Waals surface area contributed by atoms with E-state index in [4.69, 9.17) is 0 Å². The molecule has 0 radical (unpaired) electrons. The molecule has 0 N–H and O–H groups in total. The molecule has 31 heavy (non-hydrogen) atoms. The van der Waals surface area contributed by atoms with Crippen LogP contribution in [0.2, 0.25) is 0 Å². The first kappa shape index (κ1) is 21.7. The summed E-state index contributed by atoms with van der Waals surface area (Å²) in [7, 11) is -1.09. The van der Waals surface area contributed by atoms with Crippen LogP contribution in [0, 0.1) is 0 Å². The second-order valence-corrected chi connectivity index (χ2v) is 12.5. The Balaban J connectivity index is 1.81. The lowest BCUT2D eigenvalue weighted by Gasteiger charge is -2.36. The lowest BCUT2D eigenvalue weighted by Crippen LogP contribution is -2.32. The fraction of sp³-hybridized carbons (Fsp3) is 0.103. The Kier molecular flexibility index (Phi) is 7.48. The first-order valence-electron chi connectivity index (χ1n) is 10.7. The highest BCUT2D eigenvalue weighted by Gasteiger charge is 2.33. The summed E-state index contributed by atoms with van der Waals surface area (Å²) in [6.07, 6.45) is 2.22. The molecule has 2 atom stereocenters. The molecule has 154 valence electrons. The van der Waals surface area contributed by atoms with E-state index in [2.05, 4.69) is 141 Å². The van der Waals surface area contributed by atoms with Crippen LogP contribution in [0.1, 0.15) is 6.92 Å². The van der Waals surface area contributed by atoms with Gasteiger partial charge in [0, 0.05) is 5.66 Å². The van der Waals surface area contributed by atoms with Gasteiger partial charge in [-0.25, -0.2) is 0 Å². The standard InChI is InChI=1S/C29H28P2/c1-3-29(31(27-20-12-6-13-21-27)28-22-14-7-15-23-28)24(2)30(25-16-8-4-9-17-25)26-18-10-5-11-19-26/h3-24,29H,1H2,2H3/t24-,29-/m1/s1. The van der Waals surface area contributed by atoms with Crippen molar-refractivity contribution in [3.05, 3.63) is 134 Å². The molecule has 0 aromatic heterocycles. The molecule has 0 saturated carbocycles. The van der Waals surface area contributed by atoms with Crippen LogP contribution < -0.4 is 21.2 Å². The van der Waals surface area contributed by atoms with Gasteiger partial charge < -0.3 is 0 Å². The van der Waals surface area contributed by atoms with Crippen molar-refractivity contribution in [3.8, 4) is 0 Å². The third-order valence-electron chi connectivity index (χ3n) is 5.58. The van der Waals surface area contributed by atoms with E-state index in [0.29, 0.717) is 11.3 Å². The first-order valence-corrected chi connectivity index (χ1v) is 13.5. The minimum atomic E-state index is -0.569. The van der Waals surface area contributed by atoms with Crippen molar-refractivity contribution in [2.24, 2.45) is 0 Å². The van der Waals surface area contributed by atoms with Gasteiger partial charge in [-0.2, -0.15) is 0 Å². The number of allylic oxidation sites excluding steroid dienone is 1. The van der Waals surface area contributed by atoms with Crippen LogP contribution >= 0.6 is 15.8 Å². The molecule has 0 amide bonds. The van der Waals surface area contributed by atoms with E-state index in [1.54, 1.807) is 0 Å². The summed E-state index contributed by atoms with van der Waals surface area (Å²) in [5.41, 5.74) is 0.815. The maximum absolute atomic E-state index is 4.35. The van der Waals surface area contributed by atoms with E-state index in [1.165, 1.54) is 21.2 Å². The van der Waals surface area contributed by atoms with Crippen molar-refractivity contribution in [2.75, 3.05) is 0 Å². The van der Waals surface area contributed by atoms with Gasteiger partial charge in [0.25, 0.3) is 0 Å². The summed E-state index contributed by atoms with van der Waals surface area (Å²) in [6, 6.07) is 44.1. The highest BCUT2D eigenvalue weighted by Crippen LogP contribution is 2.51. The van der Waals surface area contributed by atoms with E-state index in [9.17, 15) is 0 Å². The highest BCUT2D eigenvalue weighted by atomic mass is 31.1. The Morgan fingerprint density at radius 1 is 0.516 bits per heavy atom. The van der Waals surface area contributed by atoms with E-state index in [-0.39, 0.29) is 0 Å². The first-order chi connectivity index (χ1) is 15.3. The Morgan fingerprint density at radius 3 is 1.10 bits per heavy atom. The highest BCUT2D eigenvalue weighted by molar-refractivity contribution is 7.77. The zero-order chi connectivity index (χ0) is 21.5. The molecule has 0 spiro atoms. The number of rotatable bonds is 8. The van der Waals surface area contributed by atoms with Crippen LogP contribution in [0.15, 0.2) is 134 Å². The molecule has 4 aromatic carbocycles. The zero-order valence-corrected chi connectivity index (χ0v) is 19.7. The molecule has 0 nitrogen and oxygen atoms in total. The van der Waals surface area contributed by atoms with Gasteiger partial charge in [-0.1, -0.05) is 134 Å². The van der Waals surface area contributed by atoms with Gasteiger partial charge in [0.15, 0.2) is 0 Å². The van der Waals surface area contributed by atoms with Crippen LogP contribution in [0.25, 0.3) is 0 Å². The van der Waals surface area contributed by atoms with Crippen molar-refractivity contribution in [2.45, 2.75) is 18.2 Å². The largest absolute Gasteiger partial charge is 0.102 e. The van der Waals surface area contributed by atoms with Crippen molar-refractivity contribution in [1.82, 2.24) is 0 Å². The minimum Gasteiger partial charge on any atom is -0.102 e. The third-order valence-corrected chi connectivity index (χ3v) is 11.6. The van der Waals surface area contributed by atoms with E-state index in [0.717, 1.165) is 0 Å². The Morgan fingerprint density at radius 2 is 0.806 bits per heavy atom. The maximum Gasteiger partial charge on any atom is 0.0119 e. The van der Waals surface area contributed by atoms with Gasteiger partial charge in [-0.15, -0.1) is 6.58 Å². The van der Waals surface area contributed by atoms with Crippen molar-refractivity contribution < 1.29 is 0 Å². The molecule has 0 saturated heterocycles. The van der Waals surface area contributed by atoms with Crippen molar-refractivity contribution in [3.63, 3.8) is 0 Å². The second-order valence-electron chi connectivity index (χ2n) is 7.55. The van der Waals surface area contributed by atoms with Gasteiger partial charge in [-0.05, 0) is 42.7 Å². The SMILES string of the molecule is C=C[C@H]([C@@H](C)P(c1ccccc1)c1ccccc1)P(c1ccccc1)c1ccccc1. The van der Waals surface area contributed by atoms with Crippen LogP contribution in [0.3, 0.4) is 0 Å². The van der Waals surface area contributed by atoms with Crippen LogP contribution in [0.4, 0.5) is 0 Å². The smallest absolute Gasteiger partial charge is 0.0119 e. The van der Waals surface area contributed by atoms with Crippen LogP contribution in [-0.4, -0.2) is 11.3 Å². The number of benzene rings is 4. The Bertz CT molecular complexity index is 984. The van der Waals surface area contributed by atoms with Crippen molar-refractivity contribution in [1.29, 1.82) is 0 Å². The molecule has 0 bridgehead atoms. The summed E-state index contributed by atoms with van der Waals surface area (Å²) in [4.78, 5) is 0. The fourth-order valence-corrected chi connectivity index (χ4v) is 10.2. The fourth-order valence-electron chi connectivity index (χ4n) is 4.14. The predicted molar refractivity (Wildman–Crippen MR) is 142 cm³/mol. The quantitative estimate of drug-likeness (QED) is 0.227. The second kappa shape index (κ2) is 10.7. The average molecular weight is 438 g/mol. The van der Waals surface area contributed by atoms with Crippen molar-refractivity contribution >= 4 is 37.1 Å². The monoisotopic (exact) mass is 438 g/mol. The normalized spacial score (nSPS) is 13.1. The van der Waals surface area contributed by atoms with Crippen LogP contribution in [0.5, 0.6) is 0 Å². The summed E-state index contributed by atoms with van der Waals surface area (Å²) in [6.45, 7) is 6.78. The number of hydrogen-bond donors (Lipinski definition) is 0.